The van der Waals surface area contributed by atoms with Gasteiger partial charge in [-0.3, -0.25) is 0 Å². The Labute approximate surface area is 243 Å². The fourth-order valence-electron chi connectivity index (χ4n) is 8.73. The molecule has 0 saturated carbocycles. The van der Waals surface area contributed by atoms with E-state index < -0.39 is 19.8 Å². The number of rotatable bonds is 5. The van der Waals surface area contributed by atoms with E-state index in [-0.39, 0.29) is 11.0 Å². The molecule has 200 valence electrons. The fraction of sp³-hybridized carbons (Fsp3) is 0.167. The fourth-order valence-corrected chi connectivity index (χ4v) is 76.5. The number of hydrogen-bond acceptors (Lipinski definition) is 0. The molecule has 3 unspecified atom stereocenters. The van der Waals surface area contributed by atoms with E-state index in [1.165, 1.54) is 50.1 Å². The third-order valence-electron chi connectivity index (χ3n) is 10.7. The zero-order chi connectivity index (χ0) is 27.8. The second-order valence-corrected chi connectivity index (χ2v) is 85.7. The van der Waals surface area contributed by atoms with Gasteiger partial charge in [-0.2, -0.15) is 0 Å². The molecule has 0 amide bonds. The molecule has 3 aliphatic carbocycles. The zero-order valence-electron chi connectivity index (χ0n) is 23.2. The van der Waals surface area contributed by atoms with E-state index >= 15 is 0 Å². The molecule has 0 aromatic heterocycles. The molecule has 3 aliphatic rings. The summed E-state index contributed by atoms with van der Waals surface area (Å²) in [4.78, 5) is 0. The molecule has 0 spiro atoms. The van der Waals surface area contributed by atoms with Crippen LogP contribution in [0.4, 0.5) is 0 Å². The molecule has 0 radical (unpaired) electrons. The van der Waals surface area contributed by atoms with Crippen LogP contribution >= 0.6 is 17.2 Å². The SMILES string of the molecule is CC1=Cc2c(-c3ccccc3)cccc2[CH]1[Hf]([Cl])([Cl])([CH]1C=Cc2ccccc21)([CH]1C=Cc2ccccc21)[SiH](C)C. The monoisotopic (exact) mass is 744 g/mol. The third-order valence-corrected chi connectivity index (χ3v) is 108. The van der Waals surface area contributed by atoms with Crippen LogP contribution in [-0.4, -0.2) is 5.98 Å². The predicted molar refractivity (Wildman–Crippen MR) is 175 cm³/mol. The van der Waals surface area contributed by atoms with Crippen LogP contribution in [0.25, 0.3) is 29.4 Å². The van der Waals surface area contributed by atoms with E-state index in [1.54, 1.807) is 0 Å². The molecular formula is C36H34Cl2HfSi. The van der Waals surface area contributed by atoms with Gasteiger partial charge in [0.2, 0.25) is 0 Å². The van der Waals surface area contributed by atoms with Crippen molar-refractivity contribution in [2.24, 2.45) is 0 Å². The summed E-state index contributed by atoms with van der Waals surface area (Å²) < 4.78 is 0.0358. The van der Waals surface area contributed by atoms with E-state index in [0.29, 0.717) is 0 Å². The van der Waals surface area contributed by atoms with E-state index in [2.05, 4.69) is 147 Å². The predicted octanol–water partition coefficient (Wildman–Crippen LogP) is 10.9. The van der Waals surface area contributed by atoms with E-state index in [4.69, 9.17) is 17.2 Å². The first-order valence-electron chi connectivity index (χ1n) is 14.4. The second kappa shape index (κ2) is 8.88. The van der Waals surface area contributed by atoms with Crippen LogP contribution in [0, 0.1) is 0 Å². The van der Waals surface area contributed by atoms with Gasteiger partial charge in [0.1, 0.15) is 0 Å². The minimum absolute atomic E-state index is 0.00488. The van der Waals surface area contributed by atoms with Crippen molar-refractivity contribution in [1.29, 1.82) is 0 Å². The van der Waals surface area contributed by atoms with Crippen LogP contribution in [0.15, 0.2) is 115 Å². The van der Waals surface area contributed by atoms with Crippen molar-refractivity contribution in [2.75, 3.05) is 0 Å². The van der Waals surface area contributed by atoms with Crippen LogP contribution in [0.2, 0.25) is 13.1 Å². The molecule has 4 aromatic rings. The molecule has 0 aliphatic heterocycles. The zero-order valence-corrected chi connectivity index (χ0v) is 29.4. The van der Waals surface area contributed by atoms with Gasteiger partial charge in [0.25, 0.3) is 0 Å². The quantitative estimate of drug-likeness (QED) is 0.179. The first-order chi connectivity index (χ1) is 19.2. The Bertz CT molecular complexity index is 1710. The minimum atomic E-state index is -5.84. The molecular weight excluding hydrogens is 710 g/mol. The number of fused-ring (bicyclic) bond motifs is 3. The van der Waals surface area contributed by atoms with Crippen LogP contribution in [0.5, 0.6) is 0 Å². The summed E-state index contributed by atoms with van der Waals surface area (Å²) in [6, 6.07) is 35.1. The standard InChI is InChI=1S/C16H13.2C9H7.C2H7Si.2ClH.Hf/c1-12-10-14-8-5-9-15(16(14)11-12)13-6-3-2-4-7-13;2*1-2-5-9-7-3-6-8(9)4-1;1-3-2;;;/h2-11H,1H3;2*1-7H;3H,1-2H3;2*1H;/q;;;;;;+2/p-2. The Hall–Kier alpha value is -2.23. The normalized spacial score (nSPS) is 22.4. The Kier molecular flexibility index (Phi) is 5.92. The van der Waals surface area contributed by atoms with Crippen molar-refractivity contribution in [3.8, 4) is 11.1 Å². The van der Waals surface area contributed by atoms with Gasteiger partial charge in [-0.25, -0.2) is 0 Å². The summed E-state index contributed by atoms with van der Waals surface area (Å²) in [6.07, 6.45) is 11.8. The topological polar surface area (TPSA) is 0 Å². The maximum absolute atomic E-state index is 9.08. The molecule has 0 N–H and O–H groups in total. The molecule has 4 heteroatoms. The van der Waals surface area contributed by atoms with E-state index in [0.717, 1.165) is 0 Å². The van der Waals surface area contributed by atoms with Crippen LogP contribution < -0.4 is 0 Å². The van der Waals surface area contributed by atoms with Crippen LogP contribution in [0.3, 0.4) is 0 Å². The van der Waals surface area contributed by atoms with E-state index in [9.17, 15) is 0 Å². The van der Waals surface area contributed by atoms with Gasteiger partial charge in [-0.15, -0.1) is 0 Å². The number of hydrogen-bond donors (Lipinski definition) is 0. The Morgan fingerprint density at radius 3 is 1.73 bits per heavy atom. The Morgan fingerprint density at radius 2 is 1.15 bits per heavy atom. The molecule has 0 fully saturated rings. The van der Waals surface area contributed by atoms with Crippen molar-refractivity contribution in [1.82, 2.24) is 0 Å². The summed E-state index contributed by atoms with van der Waals surface area (Å²) in [5, 5.41) is 0. The third kappa shape index (κ3) is 3.23. The van der Waals surface area contributed by atoms with Crippen LogP contribution in [0.1, 0.15) is 51.3 Å². The van der Waals surface area contributed by atoms with Gasteiger partial charge < -0.3 is 0 Å². The van der Waals surface area contributed by atoms with Gasteiger partial charge >= 0.3 is 246 Å². The average molecular weight is 744 g/mol. The molecule has 3 atom stereocenters. The maximum atomic E-state index is 9.08. The number of halogens is 2. The molecule has 4 aromatic carbocycles. The van der Waals surface area contributed by atoms with E-state index in [1.807, 2.05) is 0 Å². The van der Waals surface area contributed by atoms with Gasteiger partial charge in [-0.1, -0.05) is 0 Å². The summed E-state index contributed by atoms with van der Waals surface area (Å²) >= 11 is -5.84. The van der Waals surface area contributed by atoms with Crippen molar-refractivity contribution in [3.05, 3.63) is 148 Å². The van der Waals surface area contributed by atoms with Crippen LogP contribution in [-0.2, 0) is 13.8 Å². The molecule has 0 nitrogen and oxygen atoms in total. The van der Waals surface area contributed by atoms with Gasteiger partial charge in [0.05, 0.1) is 0 Å². The number of benzene rings is 4. The van der Waals surface area contributed by atoms with Gasteiger partial charge in [-0.05, 0) is 0 Å². The summed E-state index contributed by atoms with van der Waals surface area (Å²) in [7, 11) is 18.2. The summed E-state index contributed by atoms with van der Waals surface area (Å²) in [5.41, 5.74) is 11.6. The first-order valence-corrected chi connectivity index (χ1v) is 38.6. The van der Waals surface area contributed by atoms with Gasteiger partial charge in [0, 0.05) is 0 Å². The molecule has 7 rings (SSSR count). The summed E-state index contributed by atoms with van der Waals surface area (Å²) in [6.45, 7) is 7.21. The Morgan fingerprint density at radius 1 is 0.625 bits per heavy atom. The second-order valence-electron chi connectivity index (χ2n) is 12.5. The Balaban J connectivity index is 1.60. The van der Waals surface area contributed by atoms with Crippen molar-refractivity contribution < 1.29 is 13.8 Å². The number of allylic oxidation sites excluding steroid dienone is 3. The van der Waals surface area contributed by atoms with Crippen molar-refractivity contribution in [3.63, 3.8) is 0 Å². The van der Waals surface area contributed by atoms with Crippen molar-refractivity contribution >= 4 is 41.4 Å². The molecule has 40 heavy (non-hydrogen) atoms. The van der Waals surface area contributed by atoms with Crippen molar-refractivity contribution in [2.45, 2.75) is 31.0 Å². The van der Waals surface area contributed by atoms with Gasteiger partial charge in [0.15, 0.2) is 0 Å². The molecule has 0 heterocycles. The summed E-state index contributed by atoms with van der Waals surface area (Å²) in [5.74, 6) is -1.82. The molecule has 0 bridgehead atoms. The molecule has 0 saturated heterocycles. The average Bonchev–Trinajstić information content (AvgIpc) is 3.69. The first kappa shape index (κ1) is 26.7.